The summed E-state index contributed by atoms with van der Waals surface area (Å²) in [7, 11) is 0. The zero-order chi connectivity index (χ0) is 15.5. The van der Waals surface area contributed by atoms with Crippen molar-refractivity contribution >= 4 is 5.69 Å². The maximum atomic E-state index is 10.6. The molecule has 0 aliphatic carbocycles. The van der Waals surface area contributed by atoms with Crippen LogP contribution in [0.25, 0.3) is 11.3 Å². The third-order valence-electron chi connectivity index (χ3n) is 3.25. The Bertz CT molecular complexity index is 765. The van der Waals surface area contributed by atoms with E-state index in [9.17, 15) is 15.2 Å². The van der Waals surface area contributed by atoms with Gasteiger partial charge in [-0.25, -0.2) is 4.68 Å². The third-order valence-corrected chi connectivity index (χ3v) is 3.25. The lowest BCUT2D eigenvalue weighted by molar-refractivity contribution is -0.384. The topological polar surface area (TPSA) is 107 Å². The molecule has 1 N–H and O–H groups in total. The minimum Gasteiger partial charge on any atom is -0.467 e. The number of nitrogens with zero attached hydrogens (tertiary/aromatic N) is 4. The zero-order valence-corrected chi connectivity index (χ0v) is 11.4. The van der Waals surface area contributed by atoms with Gasteiger partial charge >= 0.3 is 0 Å². The summed E-state index contributed by atoms with van der Waals surface area (Å²) in [6, 6.07) is 9.03. The highest BCUT2D eigenvalue weighted by molar-refractivity contribution is 5.59. The quantitative estimate of drug-likeness (QED) is 0.570. The molecule has 0 aliphatic rings. The molecule has 0 fully saturated rings. The fraction of sp³-hybridized carbons (Fsp3) is 0.143. The van der Waals surface area contributed by atoms with Gasteiger partial charge in [0, 0.05) is 17.7 Å². The Balaban J connectivity index is 1.88. The molecule has 1 aromatic carbocycles. The molecule has 112 valence electrons. The number of aromatic nitrogens is 3. The van der Waals surface area contributed by atoms with Gasteiger partial charge in [-0.1, -0.05) is 5.21 Å². The number of aliphatic hydroxyl groups is 1. The molecule has 0 bridgehead atoms. The van der Waals surface area contributed by atoms with Gasteiger partial charge in [0.05, 0.1) is 24.0 Å². The van der Waals surface area contributed by atoms with Crippen molar-refractivity contribution in [2.75, 3.05) is 6.61 Å². The molecule has 0 saturated heterocycles. The lowest BCUT2D eigenvalue weighted by atomic mass is 10.1. The average Bonchev–Trinajstić information content (AvgIpc) is 3.20. The zero-order valence-electron chi connectivity index (χ0n) is 11.4. The number of hydrogen-bond donors (Lipinski definition) is 1. The van der Waals surface area contributed by atoms with Crippen molar-refractivity contribution in [3.05, 3.63) is 64.7 Å². The van der Waals surface area contributed by atoms with Crippen LogP contribution >= 0.6 is 0 Å². The first-order valence-electron chi connectivity index (χ1n) is 6.50. The molecule has 22 heavy (non-hydrogen) atoms. The number of nitro benzene ring substituents is 1. The van der Waals surface area contributed by atoms with Gasteiger partial charge in [-0.05, 0) is 24.3 Å². The Kier molecular flexibility index (Phi) is 3.67. The highest BCUT2D eigenvalue weighted by Crippen LogP contribution is 2.23. The van der Waals surface area contributed by atoms with Gasteiger partial charge in [0.2, 0.25) is 0 Å². The Morgan fingerprint density at radius 3 is 2.68 bits per heavy atom. The second kappa shape index (κ2) is 5.78. The minimum absolute atomic E-state index is 0.0139. The van der Waals surface area contributed by atoms with E-state index >= 15 is 0 Å². The first kappa shape index (κ1) is 14.0. The highest BCUT2D eigenvalue weighted by atomic mass is 16.6. The van der Waals surface area contributed by atoms with Crippen LogP contribution in [0.2, 0.25) is 0 Å². The van der Waals surface area contributed by atoms with Crippen molar-refractivity contribution in [2.45, 2.75) is 6.04 Å². The van der Waals surface area contributed by atoms with Gasteiger partial charge in [0.25, 0.3) is 5.69 Å². The molecule has 3 aromatic rings. The smallest absolute Gasteiger partial charge is 0.269 e. The van der Waals surface area contributed by atoms with Gasteiger partial charge < -0.3 is 9.52 Å². The second-order valence-electron chi connectivity index (χ2n) is 4.60. The molecule has 1 unspecified atom stereocenters. The lowest BCUT2D eigenvalue weighted by Crippen LogP contribution is -2.14. The molecule has 2 aromatic heterocycles. The number of non-ortho nitro benzene ring substituents is 1. The molecule has 0 saturated carbocycles. The molecule has 0 radical (unpaired) electrons. The van der Waals surface area contributed by atoms with Crippen molar-refractivity contribution in [3.63, 3.8) is 0 Å². The van der Waals surface area contributed by atoms with E-state index in [1.165, 1.54) is 23.1 Å². The van der Waals surface area contributed by atoms with Crippen LogP contribution in [0.3, 0.4) is 0 Å². The van der Waals surface area contributed by atoms with Crippen molar-refractivity contribution in [3.8, 4) is 11.3 Å². The molecule has 3 rings (SSSR count). The maximum Gasteiger partial charge on any atom is 0.269 e. The van der Waals surface area contributed by atoms with Crippen molar-refractivity contribution < 1.29 is 14.4 Å². The van der Waals surface area contributed by atoms with Crippen molar-refractivity contribution in [1.82, 2.24) is 15.0 Å². The Hall–Kier alpha value is -3.00. The molecular formula is C14H12N4O4. The summed E-state index contributed by atoms with van der Waals surface area (Å²) < 4.78 is 6.77. The molecule has 0 aliphatic heterocycles. The van der Waals surface area contributed by atoms with Crippen LogP contribution in [0.1, 0.15) is 11.8 Å². The number of hydrogen-bond acceptors (Lipinski definition) is 6. The predicted octanol–water partition coefficient (Wildman–Crippen LogP) is 2.03. The number of rotatable bonds is 5. The van der Waals surface area contributed by atoms with Crippen LogP contribution < -0.4 is 0 Å². The Labute approximate surface area is 124 Å². The largest absolute Gasteiger partial charge is 0.467 e. The number of benzene rings is 1. The molecule has 2 heterocycles. The van der Waals surface area contributed by atoms with E-state index < -0.39 is 11.0 Å². The van der Waals surface area contributed by atoms with E-state index in [2.05, 4.69) is 10.3 Å². The monoisotopic (exact) mass is 300 g/mol. The van der Waals surface area contributed by atoms with Gasteiger partial charge in [-0.2, -0.15) is 0 Å². The van der Waals surface area contributed by atoms with Crippen molar-refractivity contribution in [1.29, 1.82) is 0 Å². The summed E-state index contributed by atoms with van der Waals surface area (Å²) in [6.07, 6.45) is 3.18. The fourth-order valence-electron chi connectivity index (χ4n) is 2.10. The third kappa shape index (κ3) is 2.59. The Morgan fingerprint density at radius 1 is 1.32 bits per heavy atom. The van der Waals surface area contributed by atoms with Gasteiger partial charge in [-0.3, -0.25) is 10.1 Å². The lowest BCUT2D eigenvalue weighted by Gasteiger charge is -2.10. The predicted molar refractivity (Wildman–Crippen MR) is 76.0 cm³/mol. The molecule has 0 amide bonds. The minimum atomic E-state index is -0.464. The fourth-order valence-corrected chi connectivity index (χ4v) is 2.10. The van der Waals surface area contributed by atoms with E-state index in [4.69, 9.17) is 4.42 Å². The van der Waals surface area contributed by atoms with Crippen LogP contribution in [-0.2, 0) is 0 Å². The highest BCUT2D eigenvalue weighted by Gasteiger charge is 2.18. The summed E-state index contributed by atoms with van der Waals surface area (Å²) >= 11 is 0. The van der Waals surface area contributed by atoms with Gasteiger partial charge in [-0.15, -0.1) is 5.10 Å². The van der Waals surface area contributed by atoms with E-state index in [-0.39, 0.29) is 12.3 Å². The van der Waals surface area contributed by atoms with Gasteiger partial charge in [0.15, 0.2) is 0 Å². The normalized spacial score (nSPS) is 12.2. The van der Waals surface area contributed by atoms with Crippen LogP contribution in [0.4, 0.5) is 5.69 Å². The maximum absolute atomic E-state index is 10.6. The summed E-state index contributed by atoms with van der Waals surface area (Å²) in [5.74, 6) is 0.572. The van der Waals surface area contributed by atoms with Crippen LogP contribution in [0.15, 0.2) is 53.3 Å². The van der Waals surface area contributed by atoms with Crippen LogP contribution in [0.5, 0.6) is 0 Å². The average molecular weight is 300 g/mol. The molecular weight excluding hydrogens is 288 g/mol. The summed E-state index contributed by atoms with van der Waals surface area (Å²) in [5.41, 5.74) is 1.27. The van der Waals surface area contributed by atoms with Crippen LogP contribution in [0, 0.1) is 10.1 Å². The molecule has 8 heteroatoms. The van der Waals surface area contributed by atoms with E-state index in [0.717, 1.165) is 0 Å². The summed E-state index contributed by atoms with van der Waals surface area (Å²) in [6.45, 7) is -0.184. The van der Waals surface area contributed by atoms with Gasteiger partial charge in [0.1, 0.15) is 17.5 Å². The van der Waals surface area contributed by atoms with Crippen LogP contribution in [-0.4, -0.2) is 31.6 Å². The SMILES string of the molecule is O=[N+]([O-])c1ccc(-c2cn(C(CO)c3ccco3)nn2)cc1. The summed E-state index contributed by atoms with van der Waals surface area (Å²) in [5, 5.41) is 28.2. The van der Waals surface area contributed by atoms with E-state index in [1.54, 1.807) is 30.5 Å². The number of aliphatic hydroxyl groups excluding tert-OH is 1. The van der Waals surface area contributed by atoms with E-state index in [1.807, 2.05) is 0 Å². The number of furan rings is 1. The number of nitro groups is 1. The molecule has 1 atom stereocenters. The molecule has 8 nitrogen and oxygen atoms in total. The first-order valence-corrected chi connectivity index (χ1v) is 6.50. The second-order valence-corrected chi connectivity index (χ2v) is 4.60. The molecule has 0 spiro atoms. The van der Waals surface area contributed by atoms with Crippen molar-refractivity contribution in [2.24, 2.45) is 0 Å². The standard InChI is InChI=1S/C14H12N4O4/c19-9-13(14-2-1-7-22-14)17-8-12(15-16-17)10-3-5-11(6-4-10)18(20)21/h1-8,13,19H,9H2. The first-order chi connectivity index (χ1) is 10.7. The Morgan fingerprint density at radius 2 is 2.09 bits per heavy atom. The summed E-state index contributed by atoms with van der Waals surface area (Å²) in [4.78, 5) is 10.2. The van der Waals surface area contributed by atoms with E-state index in [0.29, 0.717) is 17.0 Å².